The second-order valence-electron chi connectivity index (χ2n) is 6.98. The lowest BCUT2D eigenvalue weighted by molar-refractivity contribution is -0.558. The zero-order valence-electron chi connectivity index (χ0n) is 14.8. The third kappa shape index (κ3) is 3.72. The summed E-state index contributed by atoms with van der Waals surface area (Å²) in [6, 6.07) is 0. The van der Waals surface area contributed by atoms with Crippen molar-refractivity contribution in [2.24, 2.45) is 23.7 Å². The molecule has 6 heteroatoms. The molecule has 4 atom stereocenters. The average Bonchev–Trinajstić information content (AvgIpc) is 2.63. The van der Waals surface area contributed by atoms with Crippen LogP contribution >= 0.6 is 0 Å². The number of hydrogen-bond acceptors (Lipinski definition) is 6. The lowest BCUT2D eigenvalue weighted by atomic mass is 9.71. The molecule has 138 valence electrons. The molecule has 0 aromatic carbocycles. The predicted molar refractivity (Wildman–Crippen MR) is 76.9 cm³/mol. The van der Waals surface area contributed by atoms with Crippen LogP contribution in [0.1, 0.15) is 34.6 Å². The van der Waals surface area contributed by atoms with Crippen molar-refractivity contribution < 1.29 is 30.6 Å². The fraction of sp³-hybridized carbons (Fsp3) is 0.722. The smallest absolute Gasteiger partial charge is 0.0975 e. The van der Waals surface area contributed by atoms with E-state index in [0.717, 1.165) is 0 Å². The molecule has 0 bridgehead atoms. The SMILES string of the molecule is CC1=C([O-])C(C)C1[O-].CC1C([O-])C(C)C1[O-].[CH2+]C1C([O-])=C(C)C1[O-]. The normalized spacial score (nSPS) is 43.4. The Kier molecular flexibility index (Phi) is 6.75. The van der Waals surface area contributed by atoms with Gasteiger partial charge in [-0.3, -0.25) is 0 Å². The van der Waals surface area contributed by atoms with Gasteiger partial charge in [-0.25, -0.2) is 0 Å². The highest BCUT2D eigenvalue weighted by atomic mass is 16.3. The van der Waals surface area contributed by atoms with Crippen molar-refractivity contribution in [1.29, 1.82) is 0 Å². The van der Waals surface area contributed by atoms with Gasteiger partial charge in [-0.05, 0) is 19.8 Å². The lowest BCUT2D eigenvalue weighted by Gasteiger charge is -2.58. The van der Waals surface area contributed by atoms with Gasteiger partial charge in [-0.15, -0.1) is 18.0 Å². The molecule has 4 unspecified atom stereocenters. The molecule has 0 radical (unpaired) electrons. The highest BCUT2D eigenvalue weighted by molar-refractivity contribution is 5.26. The van der Waals surface area contributed by atoms with Gasteiger partial charge in [-0.1, -0.05) is 61.7 Å². The summed E-state index contributed by atoms with van der Waals surface area (Å²) < 4.78 is 0. The molecule has 0 heterocycles. The summed E-state index contributed by atoms with van der Waals surface area (Å²) in [5.41, 5.74) is 0.933. The first-order valence-electron chi connectivity index (χ1n) is 8.15. The molecule has 0 N–H and O–H groups in total. The Morgan fingerprint density at radius 1 is 0.708 bits per heavy atom. The first-order chi connectivity index (χ1) is 10.9. The van der Waals surface area contributed by atoms with Gasteiger partial charge >= 0.3 is 0 Å². The second-order valence-corrected chi connectivity index (χ2v) is 6.98. The summed E-state index contributed by atoms with van der Waals surface area (Å²) in [6.07, 6.45) is -2.69. The van der Waals surface area contributed by atoms with Crippen molar-refractivity contribution in [2.45, 2.75) is 59.0 Å². The third-order valence-corrected chi connectivity index (χ3v) is 5.27. The highest BCUT2D eigenvalue weighted by Gasteiger charge is 2.28. The van der Waals surface area contributed by atoms with Crippen LogP contribution in [0.5, 0.6) is 0 Å². The summed E-state index contributed by atoms with van der Waals surface area (Å²) in [4.78, 5) is 0. The van der Waals surface area contributed by atoms with Crippen LogP contribution in [0.4, 0.5) is 0 Å². The van der Waals surface area contributed by atoms with Crippen LogP contribution in [0.15, 0.2) is 22.7 Å². The number of rotatable bonds is 0. The first kappa shape index (κ1) is 20.8. The fourth-order valence-electron chi connectivity index (χ4n) is 2.88. The van der Waals surface area contributed by atoms with E-state index < -0.39 is 30.3 Å². The standard InChI is InChI=1S/C6H10O2.C6H9O2.C6H8O2/c3*1-3-5(7)4(2)6(3)8/h3-6H,1-2H3;3,5,8H,1-2H3;3,5,8H,1H2,2H3/q-2;-1;/p-2. The van der Waals surface area contributed by atoms with E-state index in [-0.39, 0.29) is 29.3 Å². The fourth-order valence-corrected chi connectivity index (χ4v) is 2.88. The molecule has 0 spiro atoms. The maximum absolute atomic E-state index is 10.7. The van der Waals surface area contributed by atoms with Crippen LogP contribution in [0.25, 0.3) is 0 Å². The van der Waals surface area contributed by atoms with Gasteiger partial charge < -0.3 is 30.6 Å². The van der Waals surface area contributed by atoms with Crippen LogP contribution in [-0.4, -0.2) is 24.4 Å². The van der Waals surface area contributed by atoms with Crippen LogP contribution in [0, 0.1) is 30.6 Å². The first-order valence-corrected chi connectivity index (χ1v) is 8.15. The van der Waals surface area contributed by atoms with Crippen LogP contribution in [0.2, 0.25) is 0 Å². The molecule has 0 saturated heterocycles. The molecule has 3 aliphatic rings. The van der Waals surface area contributed by atoms with E-state index in [1.54, 1.807) is 34.6 Å². The molecule has 1 fully saturated rings. The highest BCUT2D eigenvalue weighted by Crippen LogP contribution is 2.29. The molecule has 3 rings (SSSR count). The predicted octanol–water partition coefficient (Wildman–Crippen LogP) is -3.46. The molecule has 1 saturated carbocycles. The third-order valence-electron chi connectivity index (χ3n) is 5.27. The van der Waals surface area contributed by atoms with Gasteiger partial charge in [0.15, 0.2) is 0 Å². The summed E-state index contributed by atoms with van der Waals surface area (Å²) in [7, 11) is 0. The van der Waals surface area contributed by atoms with Crippen molar-refractivity contribution in [1.82, 2.24) is 0 Å². The average molecular weight is 337 g/mol. The Bertz CT molecular complexity index is 414. The van der Waals surface area contributed by atoms with Gasteiger partial charge in [0.2, 0.25) is 0 Å². The zero-order valence-corrected chi connectivity index (χ0v) is 14.8. The quantitative estimate of drug-likeness (QED) is 0.421. The van der Waals surface area contributed by atoms with Crippen LogP contribution in [0.3, 0.4) is 0 Å². The minimum absolute atomic E-state index is 0.0463. The molecule has 24 heavy (non-hydrogen) atoms. The summed E-state index contributed by atoms with van der Waals surface area (Å²) in [5, 5.41) is 63.4. The van der Waals surface area contributed by atoms with Crippen molar-refractivity contribution in [3.8, 4) is 0 Å². The van der Waals surface area contributed by atoms with Gasteiger partial charge in [0.25, 0.3) is 0 Å². The van der Waals surface area contributed by atoms with Crippen molar-refractivity contribution in [3.05, 3.63) is 29.6 Å². The van der Waals surface area contributed by atoms with Crippen molar-refractivity contribution in [3.63, 3.8) is 0 Å². The Hall–Kier alpha value is -1.21. The van der Waals surface area contributed by atoms with E-state index in [2.05, 4.69) is 6.92 Å². The van der Waals surface area contributed by atoms with Crippen molar-refractivity contribution in [2.75, 3.05) is 0 Å². The maximum atomic E-state index is 10.7. The minimum Gasteiger partial charge on any atom is -0.875 e. The maximum Gasteiger partial charge on any atom is 0.0975 e. The van der Waals surface area contributed by atoms with Crippen LogP contribution < -0.4 is 30.6 Å². The molecule has 3 aliphatic carbocycles. The van der Waals surface area contributed by atoms with E-state index in [4.69, 9.17) is 0 Å². The Balaban J connectivity index is 0.000000180. The van der Waals surface area contributed by atoms with E-state index in [0.29, 0.717) is 11.1 Å². The van der Waals surface area contributed by atoms with E-state index >= 15 is 0 Å². The summed E-state index contributed by atoms with van der Waals surface area (Å²) >= 11 is 0. The van der Waals surface area contributed by atoms with E-state index in [1.165, 1.54) is 0 Å². The van der Waals surface area contributed by atoms with E-state index in [1.807, 2.05) is 0 Å². The Morgan fingerprint density at radius 3 is 1.21 bits per heavy atom. The lowest BCUT2D eigenvalue weighted by Crippen LogP contribution is -2.64. The van der Waals surface area contributed by atoms with Gasteiger partial charge in [0, 0.05) is 0 Å². The van der Waals surface area contributed by atoms with Gasteiger partial charge in [0.1, 0.15) is 0 Å². The van der Waals surface area contributed by atoms with Gasteiger partial charge in [-0.2, -0.15) is 0 Å². The largest absolute Gasteiger partial charge is 0.875 e. The Morgan fingerprint density at radius 2 is 1.08 bits per heavy atom. The summed E-state index contributed by atoms with van der Waals surface area (Å²) in [6.45, 7) is 11.7. The molecule has 6 nitrogen and oxygen atoms in total. The summed E-state index contributed by atoms with van der Waals surface area (Å²) in [5.74, 6) is -1.05. The van der Waals surface area contributed by atoms with Crippen LogP contribution in [-0.2, 0) is 0 Å². The van der Waals surface area contributed by atoms with E-state index in [9.17, 15) is 30.6 Å². The van der Waals surface area contributed by atoms with Crippen molar-refractivity contribution >= 4 is 0 Å². The molecule has 0 aromatic heterocycles. The molecular formula is C18H25O6-5. The molecular weight excluding hydrogens is 312 g/mol. The molecule has 0 amide bonds. The molecule has 0 aromatic rings. The minimum atomic E-state index is -0.817. The molecule has 0 aliphatic heterocycles. The zero-order chi connectivity index (χ0) is 18.9. The Labute approximate surface area is 143 Å². The number of hydrogen-bond donors (Lipinski definition) is 0. The van der Waals surface area contributed by atoms with Gasteiger partial charge in [0.05, 0.1) is 12.8 Å². The second kappa shape index (κ2) is 7.78. The monoisotopic (exact) mass is 337 g/mol. The topological polar surface area (TPSA) is 138 Å².